The molecule has 0 saturated carbocycles. The average Bonchev–Trinajstić information content (AvgIpc) is 3.31. The molecule has 0 amide bonds. The normalized spacial score (nSPS) is 11.3. The molecule has 0 saturated heterocycles. The first-order chi connectivity index (χ1) is 14.0. The van der Waals surface area contributed by atoms with E-state index in [-0.39, 0.29) is 28.6 Å². The fraction of sp³-hybridized carbons (Fsp3) is 0.0455. The zero-order valence-corrected chi connectivity index (χ0v) is 15.2. The molecular weight excluding hydrogens is 372 g/mol. The number of aromatic nitrogens is 2. The van der Waals surface area contributed by atoms with E-state index in [0.717, 1.165) is 5.56 Å². The van der Waals surface area contributed by atoms with Gasteiger partial charge in [0.15, 0.2) is 11.2 Å². The molecule has 0 radical (unpaired) electrons. The number of phenols is 1. The summed E-state index contributed by atoms with van der Waals surface area (Å²) in [6.45, 7) is 1.86. The molecule has 0 aliphatic heterocycles. The van der Waals surface area contributed by atoms with Gasteiger partial charge in [0.25, 0.3) is 0 Å². The highest BCUT2D eigenvalue weighted by atomic mass is 16.4. The lowest BCUT2D eigenvalue weighted by Crippen LogP contribution is -1.96. The van der Waals surface area contributed by atoms with Gasteiger partial charge in [-0.25, -0.2) is 14.8 Å². The smallest absolute Gasteiger partial charge is 0.338 e. The number of aromatic carboxylic acids is 1. The van der Waals surface area contributed by atoms with Gasteiger partial charge >= 0.3 is 5.97 Å². The topological polar surface area (TPSA) is 110 Å². The number of para-hydroxylation sites is 2. The molecule has 0 spiro atoms. The Morgan fingerprint density at radius 2 is 1.52 bits per heavy atom. The van der Waals surface area contributed by atoms with Crippen LogP contribution in [-0.4, -0.2) is 26.2 Å². The van der Waals surface area contributed by atoms with E-state index in [1.54, 1.807) is 42.5 Å². The van der Waals surface area contributed by atoms with Gasteiger partial charge in [-0.05, 0) is 42.8 Å². The molecule has 29 heavy (non-hydrogen) atoms. The molecule has 0 atom stereocenters. The van der Waals surface area contributed by atoms with Gasteiger partial charge in [-0.3, -0.25) is 0 Å². The molecule has 0 aliphatic carbocycles. The van der Waals surface area contributed by atoms with Crippen LogP contribution in [0.1, 0.15) is 15.9 Å². The van der Waals surface area contributed by atoms with Crippen molar-refractivity contribution >= 4 is 28.2 Å². The summed E-state index contributed by atoms with van der Waals surface area (Å²) in [5.74, 6) is -0.475. The highest BCUT2D eigenvalue weighted by Crippen LogP contribution is 2.37. The average molecular weight is 386 g/mol. The van der Waals surface area contributed by atoms with Crippen LogP contribution in [0, 0.1) is 6.92 Å². The Kier molecular flexibility index (Phi) is 3.64. The van der Waals surface area contributed by atoms with Crippen molar-refractivity contribution in [3.63, 3.8) is 0 Å². The Bertz CT molecular complexity index is 1390. The van der Waals surface area contributed by atoms with Crippen molar-refractivity contribution in [2.45, 2.75) is 6.92 Å². The quantitative estimate of drug-likeness (QED) is 0.448. The van der Waals surface area contributed by atoms with Crippen LogP contribution in [-0.2, 0) is 0 Å². The lowest BCUT2D eigenvalue weighted by molar-refractivity contribution is 0.0699. The Morgan fingerprint density at radius 3 is 2.28 bits per heavy atom. The number of hydrogen-bond donors (Lipinski definition) is 2. The molecule has 0 aliphatic rings. The molecule has 2 aromatic heterocycles. The first-order valence-corrected chi connectivity index (χ1v) is 8.84. The van der Waals surface area contributed by atoms with Crippen LogP contribution < -0.4 is 0 Å². The number of benzene rings is 3. The van der Waals surface area contributed by atoms with Gasteiger partial charge < -0.3 is 19.0 Å². The van der Waals surface area contributed by atoms with Crippen molar-refractivity contribution in [3.8, 4) is 28.7 Å². The van der Waals surface area contributed by atoms with Crippen molar-refractivity contribution in [2.75, 3.05) is 0 Å². The second-order valence-electron chi connectivity index (χ2n) is 6.62. The Morgan fingerprint density at radius 1 is 0.862 bits per heavy atom. The zero-order valence-electron chi connectivity index (χ0n) is 15.2. The molecular formula is C22H14N2O5. The third-order valence-corrected chi connectivity index (χ3v) is 4.76. The maximum absolute atomic E-state index is 11.5. The molecule has 2 heterocycles. The Hall–Kier alpha value is -4.13. The van der Waals surface area contributed by atoms with Gasteiger partial charge in [0.2, 0.25) is 11.8 Å². The molecule has 0 bridgehead atoms. The highest BCUT2D eigenvalue weighted by molar-refractivity contribution is 6.01. The first kappa shape index (κ1) is 17.0. The van der Waals surface area contributed by atoms with Crippen LogP contribution in [0.5, 0.6) is 5.75 Å². The van der Waals surface area contributed by atoms with Gasteiger partial charge in [-0.15, -0.1) is 0 Å². The number of carboxylic acid groups (broad SMARTS) is 1. The number of hydrogen-bond acceptors (Lipinski definition) is 6. The summed E-state index contributed by atoms with van der Waals surface area (Å²) in [4.78, 5) is 20.4. The second-order valence-corrected chi connectivity index (χ2v) is 6.62. The second kappa shape index (κ2) is 6.20. The minimum Gasteiger partial charge on any atom is -0.507 e. The van der Waals surface area contributed by atoms with Crippen LogP contribution in [0.4, 0.5) is 0 Å². The summed E-state index contributed by atoms with van der Waals surface area (Å²) in [6.07, 6.45) is 0. The Labute approximate surface area is 163 Å². The van der Waals surface area contributed by atoms with Crippen LogP contribution in [0.2, 0.25) is 0 Å². The predicted octanol–water partition coefficient (Wildman–Crippen LogP) is 5.02. The number of fused-ring (bicyclic) bond motifs is 2. The van der Waals surface area contributed by atoms with Crippen molar-refractivity contribution in [3.05, 3.63) is 65.7 Å². The SMILES string of the molecule is Cc1cccc(O)c1-c1nc2c(-c3nc4c(C(=O)O)cccc4o3)cccc2o1. The molecule has 3 aromatic carbocycles. The predicted molar refractivity (Wildman–Crippen MR) is 106 cm³/mol. The van der Waals surface area contributed by atoms with Gasteiger partial charge in [0.1, 0.15) is 16.8 Å². The summed E-state index contributed by atoms with van der Waals surface area (Å²) in [5.41, 5.74) is 3.62. The van der Waals surface area contributed by atoms with Crippen LogP contribution in [0.15, 0.2) is 63.4 Å². The van der Waals surface area contributed by atoms with Gasteiger partial charge in [-0.1, -0.05) is 24.3 Å². The fourth-order valence-electron chi connectivity index (χ4n) is 3.39. The minimum atomic E-state index is -1.08. The van der Waals surface area contributed by atoms with Crippen molar-refractivity contribution < 1.29 is 23.8 Å². The van der Waals surface area contributed by atoms with E-state index in [2.05, 4.69) is 9.97 Å². The number of carbonyl (C=O) groups is 1. The summed E-state index contributed by atoms with van der Waals surface area (Å²) in [5, 5.41) is 19.6. The molecule has 7 nitrogen and oxygen atoms in total. The minimum absolute atomic E-state index is 0.0651. The summed E-state index contributed by atoms with van der Waals surface area (Å²) in [7, 11) is 0. The number of aryl methyl sites for hydroxylation is 1. The van der Waals surface area contributed by atoms with E-state index in [9.17, 15) is 15.0 Å². The fourth-order valence-corrected chi connectivity index (χ4v) is 3.39. The van der Waals surface area contributed by atoms with Crippen molar-refractivity contribution in [2.24, 2.45) is 0 Å². The van der Waals surface area contributed by atoms with E-state index in [0.29, 0.717) is 27.8 Å². The first-order valence-electron chi connectivity index (χ1n) is 8.84. The van der Waals surface area contributed by atoms with Crippen LogP contribution >= 0.6 is 0 Å². The standard InChI is InChI=1S/C22H14N2O5/c1-11-5-2-8-14(25)17(11)21-24-18-12(6-3-9-15(18)29-21)20-23-19-13(22(26)27)7-4-10-16(19)28-20/h2-10,25H,1H3,(H,26,27). The van der Waals surface area contributed by atoms with E-state index in [1.165, 1.54) is 6.07 Å². The largest absolute Gasteiger partial charge is 0.507 e. The molecule has 5 aromatic rings. The number of carboxylic acids is 1. The van der Waals surface area contributed by atoms with E-state index >= 15 is 0 Å². The molecule has 0 fully saturated rings. The molecule has 2 N–H and O–H groups in total. The van der Waals surface area contributed by atoms with Crippen molar-refractivity contribution in [1.82, 2.24) is 9.97 Å². The summed E-state index contributed by atoms with van der Waals surface area (Å²) >= 11 is 0. The third-order valence-electron chi connectivity index (χ3n) is 4.76. The third kappa shape index (κ3) is 2.63. The van der Waals surface area contributed by atoms with Gasteiger partial charge in [-0.2, -0.15) is 0 Å². The van der Waals surface area contributed by atoms with E-state index in [4.69, 9.17) is 8.83 Å². The molecule has 5 rings (SSSR count). The van der Waals surface area contributed by atoms with Gasteiger partial charge in [0, 0.05) is 0 Å². The summed E-state index contributed by atoms with van der Waals surface area (Å²) < 4.78 is 11.7. The Balaban J connectivity index is 1.73. The van der Waals surface area contributed by atoms with E-state index < -0.39 is 5.97 Å². The molecule has 142 valence electrons. The number of oxazole rings is 2. The number of rotatable bonds is 3. The lowest BCUT2D eigenvalue weighted by Gasteiger charge is -2.03. The maximum atomic E-state index is 11.5. The van der Waals surface area contributed by atoms with Crippen molar-refractivity contribution in [1.29, 1.82) is 0 Å². The number of aromatic hydroxyl groups is 1. The lowest BCUT2D eigenvalue weighted by atomic mass is 10.1. The summed E-state index contributed by atoms with van der Waals surface area (Å²) in [6, 6.07) is 15.2. The van der Waals surface area contributed by atoms with E-state index in [1.807, 2.05) is 13.0 Å². The molecule has 0 unspecified atom stereocenters. The highest BCUT2D eigenvalue weighted by Gasteiger charge is 2.20. The zero-order chi connectivity index (χ0) is 20.1. The van der Waals surface area contributed by atoms with Crippen LogP contribution in [0.3, 0.4) is 0 Å². The van der Waals surface area contributed by atoms with Gasteiger partial charge in [0.05, 0.1) is 16.7 Å². The number of nitrogens with zero attached hydrogens (tertiary/aromatic N) is 2. The monoisotopic (exact) mass is 386 g/mol. The molecule has 7 heteroatoms. The number of phenolic OH excluding ortho intramolecular Hbond substituents is 1. The maximum Gasteiger partial charge on any atom is 0.338 e. The van der Waals surface area contributed by atoms with Crippen LogP contribution in [0.25, 0.3) is 45.1 Å².